The molecule has 0 bridgehead atoms. The van der Waals surface area contributed by atoms with Crippen LogP contribution < -0.4 is 0 Å². The molecule has 0 radical (unpaired) electrons. The van der Waals surface area contributed by atoms with Crippen LogP contribution in [-0.4, -0.2) is 9.97 Å². The Kier molecular flexibility index (Phi) is 3.15. The Morgan fingerprint density at radius 3 is 2.86 bits per heavy atom. The van der Waals surface area contributed by atoms with Crippen molar-refractivity contribution < 1.29 is 0 Å². The highest BCUT2D eigenvalue weighted by molar-refractivity contribution is 7.20. The molecule has 0 fully saturated rings. The summed E-state index contributed by atoms with van der Waals surface area (Å²) in [6.07, 6.45) is 2.95. The summed E-state index contributed by atoms with van der Waals surface area (Å²) in [7, 11) is 0. The van der Waals surface area contributed by atoms with E-state index in [2.05, 4.69) is 16.9 Å². The van der Waals surface area contributed by atoms with Gasteiger partial charge >= 0.3 is 0 Å². The van der Waals surface area contributed by atoms with Gasteiger partial charge in [-0.3, -0.25) is 0 Å². The highest BCUT2D eigenvalue weighted by Gasteiger charge is 2.08. The molecule has 0 aromatic carbocycles. The molecule has 2 nitrogen and oxygen atoms in total. The highest BCUT2D eigenvalue weighted by atomic mass is 35.5. The molecule has 0 saturated carbocycles. The van der Waals surface area contributed by atoms with E-state index in [-0.39, 0.29) is 0 Å². The van der Waals surface area contributed by atoms with E-state index in [4.69, 9.17) is 11.6 Å². The lowest BCUT2D eigenvalue weighted by Gasteiger charge is -1.86. The molecular weight excluding hydrogens is 236 g/mol. The quantitative estimate of drug-likeness (QED) is 0.772. The maximum absolute atomic E-state index is 5.69. The molecular formula is C9H9ClN2S2. The topological polar surface area (TPSA) is 25.8 Å². The molecule has 5 heteroatoms. The maximum Gasteiger partial charge on any atom is 0.152 e. The third kappa shape index (κ3) is 1.97. The van der Waals surface area contributed by atoms with Crippen LogP contribution in [0.25, 0.3) is 10.0 Å². The Hall–Kier alpha value is -0.450. The van der Waals surface area contributed by atoms with Gasteiger partial charge in [0.15, 0.2) is 10.0 Å². The standard InChI is InChI=1S/C9H9ClN2S2/c1-2-7-4-11-8(14-7)9-12-6(3-10)5-13-9/h4-5H,2-3H2,1H3. The van der Waals surface area contributed by atoms with Crippen LogP contribution in [0.5, 0.6) is 0 Å². The second kappa shape index (κ2) is 4.38. The lowest BCUT2D eigenvalue weighted by atomic mass is 10.4. The first-order valence-electron chi connectivity index (χ1n) is 4.29. The molecule has 2 heterocycles. The Bertz CT molecular complexity index is 382. The van der Waals surface area contributed by atoms with Gasteiger partial charge in [0.05, 0.1) is 11.6 Å². The van der Waals surface area contributed by atoms with Gasteiger partial charge in [-0.1, -0.05) is 6.92 Å². The first-order chi connectivity index (χ1) is 6.83. The molecule has 0 spiro atoms. The van der Waals surface area contributed by atoms with E-state index in [1.54, 1.807) is 22.7 Å². The van der Waals surface area contributed by atoms with Gasteiger partial charge < -0.3 is 0 Å². The van der Waals surface area contributed by atoms with Crippen LogP contribution in [-0.2, 0) is 12.3 Å². The van der Waals surface area contributed by atoms with E-state index in [0.29, 0.717) is 5.88 Å². The SMILES string of the molecule is CCc1cnc(-c2nc(CCl)cs2)s1. The fraction of sp³-hybridized carbons (Fsp3) is 0.333. The molecule has 0 aliphatic rings. The van der Waals surface area contributed by atoms with Crippen LogP contribution in [0.4, 0.5) is 0 Å². The van der Waals surface area contributed by atoms with Gasteiger partial charge in [0.2, 0.25) is 0 Å². The average Bonchev–Trinajstić information content (AvgIpc) is 2.86. The van der Waals surface area contributed by atoms with Crippen molar-refractivity contribution in [1.29, 1.82) is 0 Å². The first kappa shape index (κ1) is 10.1. The van der Waals surface area contributed by atoms with Gasteiger partial charge in [-0.2, -0.15) is 0 Å². The third-order valence-electron chi connectivity index (χ3n) is 1.77. The van der Waals surface area contributed by atoms with Gasteiger partial charge in [-0.05, 0) is 6.42 Å². The summed E-state index contributed by atoms with van der Waals surface area (Å²) in [6, 6.07) is 0. The zero-order valence-electron chi connectivity index (χ0n) is 7.66. The lowest BCUT2D eigenvalue weighted by molar-refractivity contribution is 1.17. The zero-order valence-corrected chi connectivity index (χ0v) is 10.0. The Balaban J connectivity index is 2.29. The largest absolute Gasteiger partial charge is 0.242 e. The van der Waals surface area contributed by atoms with Gasteiger partial charge in [0, 0.05) is 16.5 Å². The summed E-state index contributed by atoms with van der Waals surface area (Å²) in [5, 5.41) is 3.96. The molecule has 0 saturated heterocycles. The van der Waals surface area contributed by atoms with E-state index in [1.807, 2.05) is 11.6 Å². The van der Waals surface area contributed by atoms with Crippen LogP contribution in [0.3, 0.4) is 0 Å². The molecule has 0 N–H and O–H groups in total. The summed E-state index contributed by atoms with van der Waals surface area (Å²) in [6.45, 7) is 2.13. The lowest BCUT2D eigenvalue weighted by Crippen LogP contribution is -1.77. The van der Waals surface area contributed by atoms with Gasteiger partial charge in [-0.15, -0.1) is 34.3 Å². The number of nitrogens with zero attached hydrogens (tertiary/aromatic N) is 2. The second-order valence-corrected chi connectivity index (χ2v) is 5.00. The normalized spacial score (nSPS) is 10.7. The van der Waals surface area contributed by atoms with Gasteiger partial charge in [0.25, 0.3) is 0 Å². The average molecular weight is 245 g/mol. The fourth-order valence-electron chi connectivity index (χ4n) is 1.04. The van der Waals surface area contributed by atoms with E-state index in [0.717, 1.165) is 22.1 Å². The molecule has 2 aromatic rings. The second-order valence-electron chi connectivity index (χ2n) is 2.76. The van der Waals surface area contributed by atoms with Crippen molar-refractivity contribution in [1.82, 2.24) is 9.97 Å². The monoisotopic (exact) mass is 244 g/mol. The molecule has 14 heavy (non-hydrogen) atoms. The fourth-order valence-corrected chi connectivity index (χ4v) is 2.98. The van der Waals surface area contributed by atoms with Crippen molar-refractivity contribution in [2.24, 2.45) is 0 Å². The van der Waals surface area contributed by atoms with E-state index in [1.165, 1.54) is 4.88 Å². The van der Waals surface area contributed by atoms with Gasteiger partial charge in [-0.25, -0.2) is 9.97 Å². The molecule has 0 atom stereocenters. The summed E-state index contributed by atoms with van der Waals surface area (Å²) >= 11 is 8.99. The third-order valence-corrected chi connectivity index (χ3v) is 4.22. The number of hydrogen-bond acceptors (Lipinski definition) is 4. The summed E-state index contributed by atoms with van der Waals surface area (Å²) in [4.78, 5) is 10.0. The molecule has 2 aromatic heterocycles. The number of halogens is 1. The number of thiazole rings is 2. The Morgan fingerprint density at radius 2 is 2.29 bits per heavy atom. The minimum atomic E-state index is 0.475. The van der Waals surface area contributed by atoms with Crippen molar-refractivity contribution in [3.8, 4) is 10.0 Å². The van der Waals surface area contributed by atoms with Crippen molar-refractivity contribution in [3.63, 3.8) is 0 Å². The van der Waals surface area contributed by atoms with Crippen LogP contribution in [0, 0.1) is 0 Å². The first-order valence-corrected chi connectivity index (χ1v) is 6.52. The van der Waals surface area contributed by atoms with E-state index >= 15 is 0 Å². The number of alkyl halides is 1. The number of aromatic nitrogens is 2. The van der Waals surface area contributed by atoms with Crippen molar-refractivity contribution in [3.05, 3.63) is 22.1 Å². The predicted octanol–water partition coefficient (Wildman–Crippen LogP) is 3.57. The van der Waals surface area contributed by atoms with Crippen molar-refractivity contribution >= 4 is 34.3 Å². The minimum Gasteiger partial charge on any atom is -0.242 e. The predicted molar refractivity (Wildman–Crippen MR) is 62.2 cm³/mol. The van der Waals surface area contributed by atoms with Crippen LogP contribution in [0.2, 0.25) is 0 Å². The van der Waals surface area contributed by atoms with Crippen LogP contribution >= 0.6 is 34.3 Å². The van der Waals surface area contributed by atoms with Gasteiger partial charge in [0.1, 0.15) is 0 Å². The van der Waals surface area contributed by atoms with Crippen LogP contribution in [0.1, 0.15) is 17.5 Å². The molecule has 0 aliphatic carbocycles. The minimum absolute atomic E-state index is 0.475. The summed E-state index contributed by atoms with van der Waals surface area (Å²) in [5.74, 6) is 0.475. The van der Waals surface area contributed by atoms with Crippen molar-refractivity contribution in [2.75, 3.05) is 0 Å². The summed E-state index contributed by atoms with van der Waals surface area (Å²) in [5.41, 5.74) is 0.930. The van der Waals surface area contributed by atoms with Crippen LogP contribution in [0.15, 0.2) is 11.6 Å². The van der Waals surface area contributed by atoms with E-state index in [9.17, 15) is 0 Å². The Labute approximate surface area is 95.6 Å². The number of aryl methyl sites for hydroxylation is 1. The highest BCUT2D eigenvalue weighted by Crippen LogP contribution is 2.28. The molecule has 0 unspecified atom stereocenters. The van der Waals surface area contributed by atoms with E-state index < -0.39 is 0 Å². The molecule has 2 rings (SSSR count). The molecule has 74 valence electrons. The smallest absolute Gasteiger partial charge is 0.152 e. The Morgan fingerprint density at radius 1 is 1.43 bits per heavy atom. The molecule has 0 aliphatic heterocycles. The maximum atomic E-state index is 5.69. The van der Waals surface area contributed by atoms with Crippen molar-refractivity contribution in [2.45, 2.75) is 19.2 Å². The zero-order chi connectivity index (χ0) is 9.97. The molecule has 0 amide bonds. The summed E-state index contributed by atoms with van der Waals surface area (Å²) < 4.78 is 0. The number of rotatable bonds is 3. The number of hydrogen-bond donors (Lipinski definition) is 0.